The maximum Gasteiger partial charge on any atom is 0.338 e. The molecule has 0 aliphatic heterocycles. The van der Waals surface area contributed by atoms with Gasteiger partial charge >= 0.3 is 5.97 Å². The minimum Gasteiger partial charge on any atom is -0.452 e. The van der Waals surface area contributed by atoms with Crippen molar-refractivity contribution in [3.63, 3.8) is 0 Å². The van der Waals surface area contributed by atoms with E-state index in [1.165, 1.54) is 6.42 Å². The number of hydrogen-bond donors (Lipinski definition) is 1. The Kier molecular flexibility index (Phi) is 5.54. The first kappa shape index (κ1) is 18.4. The fourth-order valence-electron chi connectivity index (χ4n) is 3.58. The number of hydrogen-bond acceptors (Lipinski definition) is 5. The number of aromatic nitrogens is 3. The fourth-order valence-corrected chi connectivity index (χ4v) is 3.58. The quantitative estimate of drug-likeness (QED) is 0.830. The average molecular weight is 358 g/mol. The third-order valence-electron chi connectivity index (χ3n) is 5.44. The van der Waals surface area contributed by atoms with Gasteiger partial charge in [0.2, 0.25) is 0 Å². The summed E-state index contributed by atoms with van der Waals surface area (Å²) < 4.78 is 6.92. The Balaban J connectivity index is 1.55. The summed E-state index contributed by atoms with van der Waals surface area (Å²) in [7, 11) is 0. The number of rotatable bonds is 5. The van der Waals surface area contributed by atoms with E-state index >= 15 is 0 Å². The third kappa shape index (κ3) is 3.86. The zero-order valence-corrected chi connectivity index (χ0v) is 15.6. The molecular weight excluding hydrogens is 332 g/mol. The van der Waals surface area contributed by atoms with Gasteiger partial charge in [0.05, 0.1) is 11.1 Å². The topological polar surface area (TPSA) is 86.1 Å². The molecule has 1 fully saturated rings. The van der Waals surface area contributed by atoms with Crippen LogP contribution in [-0.4, -0.2) is 39.5 Å². The van der Waals surface area contributed by atoms with Crippen molar-refractivity contribution in [1.29, 1.82) is 0 Å². The first-order valence-corrected chi connectivity index (χ1v) is 9.29. The van der Waals surface area contributed by atoms with E-state index in [0.29, 0.717) is 29.5 Å². The predicted molar refractivity (Wildman–Crippen MR) is 97.6 cm³/mol. The highest BCUT2D eigenvalue weighted by Gasteiger charge is 2.28. The molecule has 140 valence electrons. The molecule has 7 heteroatoms. The standard InChI is InChI=1S/C19H26N4O3/c1-4-23-17-9-8-14(10-16(17)21-22-23)19(25)26-11-18(24)20-15-7-5-6-12(2)13(15)3/h8-10,12-13,15H,4-7,11H2,1-3H3,(H,20,24)/t12-,13-,15-/m0/s1. The molecule has 0 spiro atoms. The molecule has 1 amide bonds. The van der Waals surface area contributed by atoms with Crippen LogP contribution in [0.3, 0.4) is 0 Å². The summed E-state index contributed by atoms with van der Waals surface area (Å²) in [6.45, 7) is 6.80. The Hall–Kier alpha value is -2.44. The van der Waals surface area contributed by atoms with E-state index in [-0.39, 0.29) is 18.6 Å². The lowest BCUT2D eigenvalue weighted by molar-refractivity contribution is -0.125. The van der Waals surface area contributed by atoms with Crippen LogP contribution < -0.4 is 5.32 Å². The van der Waals surface area contributed by atoms with Crippen LogP contribution in [0, 0.1) is 11.8 Å². The molecule has 3 atom stereocenters. The van der Waals surface area contributed by atoms with E-state index in [4.69, 9.17) is 4.74 Å². The van der Waals surface area contributed by atoms with Gasteiger partial charge in [-0.05, 0) is 43.4 Å². The summed E-state index contributed by atoms with van der Waals surface area (Å²) in [6.07, 6.45) is 3.30. The van der Waals surface area contributed by atoms with Crippen LogP contribution in [0.2, 0.25) is 0 Å². The molecular formula is C19H26N4O3. The van der Waals surface area contributed by atoms with Gasteiger partial charge in [-0.1, -0.05) is 31.9 Å². The van der Waals surface area contributed by atoms with Gasteiger partial charge in [0.25, 0.3) is 5.91 Å². The van der Waals surface area contributed by atoms with Gasteiger partial charge in [-0.15, -0.1) is 5.10 Å². The lowest BCUT2D eigenvalue weighted by atomic mass is 9.78. The van der Waals surface area contributed by atoms with Crippen molar-refractivity contribution in [2.45, 2.75) is 52.6 Å². The number of nitrogens with zero attached hydrogens (tertiary/aromatic N) is 3. The Morgan fingerprint density at radius 3 is 2.88 bits per heavy atom. The Bertz CT molecular complexity index is 801. The van der Waals surface area contributed by atoms with E-state index in [0.717, 1.165) is 18.4 Å². The first-order chi connectivity index (χ1) is 12.5. The fraction of sp³-hybridized carbons (Fsp3) is 0.579. The van der Waals surface area contributed by atoms with Crippen LogP contribution in [0.5, 0.6) is 0 Å². The van der Waals surface area contributed by atoms with Crippen molar-refractivity contribution in [2.75, 3.05) is 6.61 Å². The highest BCUT2D eigenvalue weighted by atomic mass is 16.5. The predicted octanol–water partition coefficient (Wildman–Crippen LogP) is 2.55. The van der Waals surface area contributed by atoms with E-state index in [9.17, 15) is 9.59 Å². The molecule has 1 heterocycles. The molecule has 26 heavy (non-hydrogen) atoms. The Morgan fingerprint density at radius 1 is 1.31 bits per heavy atom. The van der Waals surface area contributed by atoms with Crippen LogP contribution in [0.4, 0.5) is 0 Å². The van der Waals surface area contributed by atoms with Crippen molar-refractivity contribution in [1.82, 2.24) is 20.3 Å². The number of amides is 1. The summed E-state index contributed by atoms with van der Waals surface area (Å²) in [5.41, 5.74) is 1.87. The third-order valence-corrected chi connectivity index (χ3v) is 5.44. The second-order valence-electron chi connectivity index (χ2n) is 7.13. The number of nitrogens with one attached hydrogen (secondary N) is 1. The zero-order chi connectivity index (χ0) is 18.7. The van der Waals surface area contributed by atoms with Crippen molar-refractivity contribution >= 4 is 22.9 Å². The van der Waals surface area contributed by atoms with Crippen LogP contribution >= 0.6 is 0 Å². The molecule has 1 aromatic heterocycles. The molecule has 2 aromatic rings. The number of esters is 1. The largest absolute Gasteiger partial charge is 0.452 e. The monoisotopic (exact) mass is 358 g/mol. The smallest absolute Gasteiger partial charge is 0.338 e. The van der Waals surface area contributed by atoms with Crippen LogP contribution in [0.1, 0.15) is 50.4 Å². The minimum atomic E-state index is -0.529. The zero-order valence-electron chi connectivity index (χ0n) is 15.6. The van der Waals surface area contributed by atoms with Crippen LogP contribution in [0.15, 0.2) is 18.2 Å². The summed E-state index contributed by atoms with van der Waals surface area (Å²) in [5.74, 6) is 0.257. The van der Waals surface area contributed by atoms with Crippen molar-refractivity contribution < 1.29 is 14.3 Å². The Morgan fingerprint density at radius 2 is 2.12 bits per heavy atom. The van der Waals surface area contributed by atoms with Crippen LogP contribution in [0.25, 0.3) is 11.0 Å². The van der Waals surface area contributed by atoms with Gasteiger partial charge in [-0.2, -0.15) is 0 Å². The molecule has 0 unspecified atom stereocenters. The molecule has 1 aliphatic carbocycles. The lowest BCUT2D eigenvalue weighted by Gasteiger charge is -2.34. The second-order valence-corrected chi connectivity index (χ2v) is 7.13. The van der Waals surface area contributed by atoms with Crippen molar-refractivity contribution in [2.24, 2.45) is 11.8 Å². The molecule has 1 aromatic carbocycles. The van der Waals surface area contributed by atoms with E-state index in [1.54, 1.807) is 22.9 Å². The molecule has 3 rings (SSSR count). The van der Waals surface area contributed by atoms with Gasteiger partial charge < -0.3 is 10.1 Å². The number of fused-ring (bicyclic) bond motifs is 1. The van der Waals surface area contributed by atoms with Crippen molar-refractivity contribution in [3.05, 3.63) is 23.8 Å². The number of carbonyl (C=O) groups is 2. The number of benzene rings is 1. The van der Waals surface area contributed by atoms with E-state index in [1.807, 2.05) is 6.92 Å². The van der Waals surface area contributed by atoms with Gasteiger partial charge in [0, 0.05) is 12.6 Å². The normalized spacial score (nSPS) is 23.0. The molecule has 1 N–H and O–H groups in total. The molecule has 0 saturated heterocycles. The van der Waals surface area contributed by atoms with Gasteiger partial charge in [-0.3, -0.25) is 4.79 Å². The van der Waals surface area contributed by atoms with Crippen molar-refractivity contribution in [3.8, 4) is 0 Å². The molecule has 0 bridgehead atoms. The average Bonchev–Trinajstić information content (AvgIpc) is 3.05. The van der Waals surface area contributed by atoms with E-state index in [2.05, 4.69) is 29.5 Å². The number of aryl methyl sites for hydroxylation is 1. The number of ether oxygens (including phenoxy) is 1. The molecule has 7 nitrogen and oxygen atoms in total. The second kappa shape index (κ2) is 7.85. The SMILES string of the molecule is CCn1nnc2cc(C(=O)OCC(=O)N[C@H]3CCC[C@H](C)[C@@H]3C)ccc21. The molecule has 0 radical (unpaired) electrons. The number of carbonyl (C=O) groups excluding carboxylic acids is 2. The highest BCUT2D eigenvalue weighted by molar-refractivity contribution is 5.94. The van der Waals surface area contributed by atoms with E-state index < -0.39 is 5.97 Å². The summed E-state index contributed by atoms with van der Waals surface area (Å²) in [5, 5.41) is 11.1. The summed E-state index contributed by atoms with van der Waals surface area (Å²) in [4.78, 5) is 24.4. The molecule has 1 aliphatic rings. The summed E-state index contributed by atoms with van der Waals surface area (Å²) in [6, 6.07) is 5.26. The van der Waals surface area contributed by atoms with Gasteiger partial charge in [0.1, 0.15) is 5.52 Å². The highest BCUT2D eigenvalue weighted by Crippen LogP contribution is 2.29. The lowest BCUT2D eigenvalue weighted by Crippen LogP contribution is -2.45. The molecule has 1 saturated carbocycles. The van der Waals surface area contributed by atoms with Gasteiger partial charge in [0.15, 0.2) is 6.61 Å². The summed E-state index contributed by atoms with van der Waals surface area (Å²) >= 11 is 0. The van der Waals surface area contributed by atoms with Crippen LogP contribution in [-0.2, 0) is 16.1 Å². The first-order valence-electron chi connectivity index (χ1n) is 9.29. The minimum absolute atomic E-state index is 0.158. The maximum absolute atomic E-state index is 12.2. The Labute approximate surface area is 153 Å². The maximum atomic E-state index is 12.2. The van der Waals surface area contributed by atoms with Gasteiger partial charge in [-0.25, -0.2) is 9.48 Å².